The summed E-state index contributed by atoms with van der Waals surface area (Å²) >= 11 is 0. The molecular formula is C20H24O4. The van der Waals surface area contributed by atoms with Gasteiger partial charge >= 0.3 is 5.97 Å². The van der Waals surface area contributed by atoms with Crippen LogP contribution in [-0.4, -0.2) is 31.9 Å². The van der Waals surface area contributed by atoms with Gasteiger partial charge in [0.05, 0.1) is 19.8 Å². The van der Waals surface area contributed by atoms with Crippen LogP contribution in [0, 0.1) is 0 Å². The predicted octanol–water partition coefficient (Wildman–Crippen LogP) is 3.82. The average molecular weight is 328 g/mol. The van der Waals surface area contributed by atoms with Crippen molar-refractivity contribution < 1.29 is 19.0 Å². The van der Waals surface area contributed by atoms with Crippen LogP contribution in [0.25, 0.3) is 0 Å². The van der Waals surface area contributed by atoms with E-state index in [0.29, 0.717) is 24.9 Å². The van der Waals surface area contributed by atoms with Crippen LogP contribution in [0.15, 0.2) is 60.7 Å². The van der Waals surface area contributed by atoms with Gasteiger partial charge in [0.1, 0.15) is 5.75 Å². The normalized spacial score (nSPS) is 16.9. The molecule has 0 aliphatic carbocycles. The van der Waals surface area contributed by atoms with E-state index in [1.54, 1.807) is 6.07 Å². The molecule has 0 radical (unpaired) electrons. The van der Waals surface area contributed by atoms with Crippen LogP contribution in [0.4, 0.5) is 0 Å². The molecule has 0 N–H and O–H groups in total. The van der Waals surface area contributed by atoms with Gasteiger partial charge in [-0.25, -0.2) is 4.79 Å². The third-order valence-electron chi connectivity index (χ3n) is 3.50. The van der Waals surface area contributed by atoms with Gasteiger partial charge in [-0.05, 0) is 17.5 Å². The standard InChI is InChI=1S/C14H18O4.C6H6/c1-10(2)11-5-3-4-6-12(11)18-14(15)13-9-16-7-8-17-13;1-2-4-6-5-3-1/h3-6,10,13H,7-9H2,1-2H3;1-6H. The molecule has 4 nitrogen and oxygen atoms in total. The van der Waals surface area contributed by atoms with Crippen LogP contribution < -0.4 is 4.74 Å². The molecule has 1 fully saturated rings. The van der Waals surface area contributed by atoms with E-state index in [2.05, 4.69) is 13.8 Å². The third kappa shape index (κ3) is 5.80. The summed E-state index contributed by atoms with van der Waals surface area (Å²) in [7, 11) is 0. The second-order valence-electron chi connectivity index (χ2n) is 5.70. The molecule has 24 heavy (non-hydrogen) atoms. The minimum atomic E-state index is -0.612. The van der Waals surface area contributed by atoms with Crippen molar-refractivity contribution in [2.24, 2.45) is 0 Å². The summed E-state index contributed by atoms with van der Waals surface area (Å²) in [6, 6.07) is 19.6. The van der Waals surface area contributed by atoms with E-state index in [9.17, 15) is 4.79 Å². The zero-order chi connectivity index (χ0) is 17.2. The van der Waals surface area contributed by atoms with Gasteiger partial charge in [0, 0.05) is 0 Å². The fourth-order valence-corrected chi connectivity index (χ4v) is 2.23. The van der Waals surface area contributed by atoms with Gasteiger partial charge in [0.2, 0.25) is 0 Å². The SMILES string of the molecule is CC(C)c1ccccc1OC(=O)C1COCCO1.c1ccccc1. The lowest BCUT2D eigenvalue weighted by Crippen LogP contribution is -2.38. The molecule has 1 heterocycles. The monoisotopic (exact) mass is 328 g/mol. The van der Waals surface area contributed by atoms with Crippen LogP contribution in [0.3, 0.4) is 0 Å². The van der Waals surface area contributed by atoms with Crippen molar-refractivity contribution in [1.82, 2.24) is 0 Å². The smallest absolute Gasteiger partial charge is 0.343 e. The summed E-state index contributed by atoms with van der Waals surface area (Å²) in [6.07, 6.45) is -0.612. The molecule has 0 amide bonds. The fraction of sp³-hybridized carbons (Fsp3) is 0.350. The first-order chi connectivity index (χ1) is 11.7. The van der Waals surface area contributed by atoms with Gasteiger partial charge in [0.15, 0.2) is 6.10 Å². The summed E-state index contributed by atoms with van der Waals surface area (Å²) in [6.45, 7) is 5.36. The Morgan fingerprint density at radius 2 is 1.62 bits per heavy atom. The van der Waals surface area contributed by atoms with Crippen molar-refractivity contribution in [2.45, 2.75) is 25.9 Å². The Morgan fingerprint density at radius 3 is 2.17 bits per heavy atom. The Balaban J connectivity index is 0.000000292. The number of esters is 1. The highest BCUT2D eigenvalue weighted by Crippen LogP contribution is 2.26. The zero-order valence-electron chi connectivity index (χ0n) is 14.2. The molecule has 0 saturated carbocycles. The molecule has 1 atom stereocenters. The van der Waals surface area contributed by atoms with Crippen LogP contribution in [-0.2, 0) is 14.3 Å². The maximum Gasteiger partial charge on any atom is 0.343 e. The van der Waals surface area contributed by atoms with Crippen molar-refractivity contribution in [2.75, 3.05) is 19.8 Å². The summed E-state index contributed by atoms with van der Waals surface area (Å²) in [5.74, 6) is 0.520. The first-order valence-electron chi connectivity index (χ1n) is 8.18. The van der Waals surface area contributed by atoms with E-state index in [-0.39, 0.29) is 12.6 Å². The van der Waals surface area contributed by atoms with Crippen molar-refractivity contribution in [3.05, 3.63) is 66.2 Å². The number of ether oxygens (including phenoxy) is 3. The molecule has 128 valence electrons. The van der Waals surface area contributed by atoms with Crippen LogP contribution in [0.5, 0.6) is 5.75 Å². The largest absolute Gasteiger partial charge is 0.424 e. The number of hydrogen-bond donors (Lipinski definition) is 0. The van der Waals surface area contributed by atoms with Crippen molar-refractivity contribution >= 4 is 5.97 Å². The quantitative estimate of drug-likeness (QED) is 0.635. The molecule has 2 aromatic carbocycles. The second-order valence-corrected chi connectivity index (χ2v) is 5.70. The van der Waals surface area contributed by atoms with Crippen LogP contribution in [0.1, 0.15) is 25.3 Å². The zero-order valence-corrected chi connectivity index (χ0v) is 14.2. The number of carbonyl (C=O) groups is 1. The molecule has 0 bridgehead atoms. The van der Waals surface area contributed by atoms with Crippen molar-refractivity contribution in [3.63, 3.8) is 0 Å². The molecule has 2 aromatic rings. The first kappa shape index (κ1) is 18.2. The topological polar surface area (TPSA) is 44.8 Å². The summed E-state index contributed by atoms with van der Waals surface area (Å²) in [5, 5.41) is 0. The Kier molecular flexibility index (Phi) is 7.46. The van der Waals surface area contributed by atoms with Gasteiger partial charge in [-0.3, -0.25) is 0 Å². The molecule has 3 rings (SSSR count). The molecule has 0 aromatic heterocycles. The minimum Gasteiger partial charge on any atom is -0.424 e. The number of hydrogen-bond acceptors (Lipinski definition) is 4. The van der Waals surface area contributed by atoms with Crippen molar-refractivity contribution in [3.8, 4) is 5.75 Å². The van der Waals surface area contributed by atoms with Crippen LogP contribution in [0.2, 0.25) is 0 Å². The van der Waals surface area contributed by atoms with Gasteiger partial charge in [0.25, 0.3) is 0 Å². The Morgan fingerprint density at radius 1 is 1.00 bits per heavy atom. The lowest BCUT2D eigenvalue weighted by molar-refractivity contribution is -0.161. The predicted molar refractivity (Wildman–Crippen MR) is 93.2 cm³/mol. The molecule has 1 aliphatic rings. The van der Waals surface area contributed by atoms with E-state index < -0.39 is 6.10 Å². The molecule has 1 aliphatic heterocycles. The molecule has 1 saturated heterocycles. The molecule has 1 unspecified atom stereocenters. The summed E-state index contributed by atoms with van der Waals surface area (Å²) in [5.41, 5.74) is 1.02. The van der Waals surface area contributed by atoms with Gasteiger partial charge in [-0.1, -0.05) is 68.4 Å². The Labute approximate surface area is 143 Å². The van der Waals surface area contributed by atoms with E-state index in [1.165, 1.54) is 0 Å². The number of rotatable bonds is 3. The number of benzene rings is 2. The first-order valence-corrected chi connectivity index (χ1v) is 8.18. The van der Waals surface area contributed by atoms with E-state index in [4.69, 9.17) is 14.2 Å². The molecule has 0 spiro atoms. The number of carbonyl (C=O) groups excluding carboxylic acids is 1. The van der Waals surface area contributed by atoms with E-state index >= 15 is 0 Å². The lowest BCUT2D eigenvalue weighted by atomic mass is 10.0. The third-order valence-corrected chi connectivity index (χ3v) is 3.50. The van der Waals surface area contributed by atoms with Gasteiger partial charge < -0.3 is 14.2 Å². The summed E-state index contributed by atoms with van der Waals surface area (Å²) < 4.78 is 15.9. The summed E-state index contributed by atoms with van der Waals surface area (Å²) in [4.78, 5) is 11.9. The highest BCUT2D eigenvalue weighted by molar-refractivity contribution is 5.77. The highest BCUT2D eigenvalue weighted by atomic mass is 16.6. The fourth-order valence-electron chi connectivity index (χ4n) is 2.23. The minimum absolute atomic E-state index is 0.267. The van der Waals surface area contributed by atoms with Gasteiger partial charge in [-0.2, -0.15) is 0 Å². The maximum absolute atomic E-state index is 11.9. The lowest BCUT2D eigenvalue weighted by Gasteiger charge is -2.22. The highest BCUT2D eigenvalue weighted by Gasteiger charge is 2.25. The second kappa shape index (κ2) is 9.85. The number of para-hydroxylation sites is 1. The van der Waals surface area contributed by atoms with Crippen molar-refractivity contribution in [1.29, 1.82) is 0 Å². The Bertz CT molecular complexity index is 577. The van der Waals surface area contributed by atoms with Crippen LogP contribution >= 0.6 is 0 Å². The van der Waals surface area contributed by atoms with E-state index in [1.807, 2.05) is 54.6 Å². The maximum atomic E-state index is 11.9. The average Bonchev–Trinajstić information content (AvgIpc) is 2.64. The van der Waals surface area contributed by atoms with Gasteiger partial charge in [-0.15, -0.1) is 0 Å². The molecule has 4 heteroatoms. The van der Waals surface area contributed by atoms with E-state index in [0.717, 1.165) is 5.56 Å². The Hall–Kier alpha value is -2.17. The molecular weight excluding hydrogens is 304 g/mol.